The molecule has 0 bridgehead atoms. The van der Waals surface area contributed by atoms with Crippen LogP contribution >= 0.6 is 0 Å². The first-order chi connectivity index (χ1) is 34.1. The van der Waals surface area contributed by atoms with Crippen LogP contribution in [0.3, 0.4) is 0 Å². The van der Waals surface area contributed by atoms with E-state index < -0.39 is 0 Å². The fourth-order valence-corrected chi connectivity index (χ4v) is 12.4. The molecular formula is C72H68. The van der Waals surface area contributed by atoms with Crippen molar-refractivity contribution in [3.63, 3.8) is 0 Å². The van der Waals surface area contributed by atoms with E-state index in [1.165, 1.54) is 155 Å². The third kappa shape index (κ3) is 6.92. The minimum Gasteiger partial charge on any atom is -0.0616 e. The second-order valence-corrected chi connectivity index (χ2v) is 25.4. The van der Waals surface area contributed by atoms with E-state index in [9.17, 15) is 0 Å². The van der Waals surface area contributed by atoms with Crippen LogP contribution < -0.4 is 0 Å². The Hall–Kier alpha value is -7.02. The minimum atomic E-state index is 0.0444. The van der Waals surface area contributed by atoms with Gasteiger partial charge in [-0.15, -0.1) is 0 Å². The summed E-state index contributed by atoms with van der Waals surface area (Å²) in [6.45, 7) is 32.4. The summed E-state index contributed by atoms with van der Waals surface area (Å²) >= 11 is 0. The highest BCUT2D eigenvalue weighted by Crippen LogP contribution is 2.65. The molecule has 0 nitrogen and oxygen atoms in total. The van der Waals surface area contributed by atoms with E-state index in [4.69, 9.17) is 0 Å². The van der Waals surface area contributed by atoms with Crippen molar-refractivity contribution in [2.45, 2.75) is 119 Å². The molecule has 0 unspecified atom stereocenters. The summed E-state index contributed by atoms with van der Waals surface area (Å²) in [6.07, 6.45) is 0. The van der Waals surface area contributed by atoms with Crippen molar-refractivity contribution in [2.24, 2.45) is 0 Å². The van der Waals surface area contributed by atoms with Crippen LogP contribution in [0, 0.1) is 13.8 Å². The topological polar surface area (TPSA) is 0 Å². The molecule has 0 heterocycles. The van der Waals surface area contributed by atoms with Gasteiger partial charge in [-0.05, 0) is 190 Å². The monoisotopic (exact) mass is 933 g/mol. The van der Waals surface area contributed by atoms with E-state index in [1.807, 2.05) is 0 Å². The summed E-state index contributed by atoms with van der Waals surface area (Å²) in [7, 11) is 0. The Bertz CT molecular complexity index is 3770. The number of rotatable bonds is 4. The molecule has 0 N–H and O–H groups in total. The van der Waals surface area contributed by atoms with Gasteiger partial charge >= 0.3 is 0 Å². The Kier molecular flexibility index (Phi) is 10.1. The molecule has 0 saturated carbocycles. The van der Waals surface area contributed by atoms with Gasteiger partial charge in [-0.2, -0.15) is 0 Å². The fourth-order valence-electron chi connectivity index (χ4n) is 12.4. The van der Waals surface area contributed by atoms with Crippen molar-refractivity contribution < 1.29 is 0 Å². The minimum absolute atomic E-state index is 0.0444. The summed E-state index contributed by atoms with van der Waals surface area (Å²) in [6, 6.07) is 62.1. The molecule has 0 aromatic heterocycles. The molecule has 2 aliphatic rings. The van der Waals surface area contributed by atoms with Crippen LogP contribution in [0.2, 0.25) is 0 Å². The van der Waals surface area contributed by atoms with Gasteiger partial charge in [-0.1, -0.05) is 241 Å². The van der Waals surface area contributed by atoms with E-state index in [2.05, 4.69) is 255 Å². The van der Waals surface area contributed by atoms with Crippen molar-refractivity contribution in [1.82, 2.24) is 0 Å². The van der Waals surface area contributed by atoms with Gasteiger partial charge in [-0.25, -0.2) is 0 Å². The van der Waals surface area contributed by atoms with E-state index in [-0.39, 0.29) is 21.7 Å². The van der Waals surface area contributed by atoms with Gasteiger partial charge < -0.3 is 0 Å². The number of benzene rings is 10. The van der Waals surface area contributed by atoms with Crippen LogP contribution in [0.5, 0.6) is 0 Å². The quantitative estimate of drug-likeness (QED) is 0.165. The molecule has 0 atom stereocenters. The molecule has 0 heteroatoms. The molecule has 0 spiro atoms. The second kappa shape index (κ2) is 15.7. The predicted molar refractivity (Wildman–Crippen MR) is 314 cm³/mol. The summed E-state index contributed by atoms with van der Waals surface area (Å²) < 4.78 is 0. The zero-order valence-corrected chi connectivity index (χ0v) is 45.0. The van der Waals surface area contributed by atoms with Crippen LogP contribution in [0.15, 0.2) is 158 Å². The van der Waals surface area contributed by atoms with E-state index in [0.717, 1.165) is 0 Å². The lowest BCUT2D eigenvalue weighted by Gasteiger charge is -2.24. The molecule has 10 aromatic rings. The lowest BCUT2D eigenvalue weighted by atomic mass is 9.79. The van der Waals surface area contributed by atoms with Gasteiger partial charge in [0.25, 0.3) is 0 Å². The van der Waals surface area contributed by atoms with Crippen molar-refractivity contribution in [2.75, 3.05) is 0 Å². The number of aryl methyl sites for hydroxylation is 2. The standard InChI is InChI=1S/C72H68/c1-41-19-36-53-58(42(41)2)62(46-26-34-50(35-27-46)72(12,13)14)68-57-40-39-55-63-54(37-38-56(64(57)63)67(68)61(53)45-24-32-49(33-25-45)71(9,10)11)65-59(43-20-28-47(29-21-43)69(3,4)5)51-17-15-16-18-52(51)60(66(55)65)44-22-30-48(31-23-44)70(6,7)8/h15-40H,1-14H3. The third-order valence-electron chi connectivity index (χ3n) is 16.6. The summed E-state index contributed by atoms with van der Waals surface area (Å²) in [5.74, 6) is 0. The van der Waals surface area contributed by atoms with Crippen LogP contribution in [0.1, 0.15) is 116 Å². The maximum absolute atomic E-state index is 2.50. The predicted octanol–water partition coefficient (Wildman–Crippen LogP) is 20.9. The third-order valence-corrected chi connectivity index (χ3v) is 16.6. The zero-order chi connectivity index (χ0) is 50.6. The SMILES string of the molecule is Cc1ccc2c(-c3ccc(C(C)(C)C)cc3)c3c(c(-c4ccc(C(C)(C)C)cc4)c2c1C)-c1ccc2c4c(ccc-3c14)-c1c-2c(-c2ccc(C(C)(C)C)cc2)c2ccccc2c1-c1ccc(C(C)(C)C)cc1. The Morgan fingerprint density at radius 3 is 0.819 bits per heavy atom. The molecular weight excluding hydrogens is 865 g/mol. The Balaban J connectivity index is 1.23. The summed E-state index contributed by atoms with van der Waals surface area (Å²) in [4.78, 5) is 0. The van der Waals surface area contributed by atoms with Crippen molar-refractivity contribution >= 4 is 32.3 Å². The summed E-state index contributed by atoms with van der Waals surface area (Å²) in [5.41, 5.74) is 29.3. The van der Waals surface area contributed by atoms with Crippen LogP contribution in [-0.4, -0.2) is 0 Å². The lowest BCUT2D eigenvalue weighted by molar-refractivity contribution is 0.590. The maximum Gasteiger partial charge on any atom is -0.000730 e. The van der Waals surface area contributed by atoms with E-state index >= 15 is 0 Å². The Morgan fingerprint density at radius 1 is 0.236 bits per heavy atom. The van der Waals surface area contributed by atoms with Crippen molar-refractivity contribution in [3.05, 3.63) is 191 Å². The van der Waals surface area contributed by atoms with Gasteiger partial charge in [0.1, 0.15) is 0 Å². The average molecular weight is 933 g/mol. The van der Waals surface area contributed by atoms with Gasteiger partial charge in [-0.3, -0.25) is 0 Å². The first kappa shape index (κ1) is 46.1. The molecule has 0 aliphatic heterocycles. The molecule has 0 fully saturated rings. The van der Waals surface area contributed by atoms with Crippen LogP contribution in [0.25, 0.3) is 121 Å². The normalized spacial score (nSPS) is 13.1. The maximum atomic E-state index is 2.50. The van der Waals surface area contributed by atoms with Gasteiger partial charge in [0, 0.05) is 0 Å². The van der Waals surface area contributed by atoms with Gasteiger partial charge in [0.15, 0.2) is 0 Å². The molecule has 356 valence electrons. The van der Waals surface area contributed by atoms with Crippen LogP contribution in [-0.2, 0) is 21.7 Å². The van der Waals surface area contributed by atoms with Gasteiger partial charge in [0.05, 0.1) is 0 Å². The first-order valence-electron chi connectivity index (χ1n) is 26.3. The smallest absolute Gasteiger partial charge is 0.000730 e. The second-order valence-electron chi connectivity index (χ2n) is 25.4. The molecule has 10 aromatic carbocycles. The average Bonchev–Trinajstić information content (AvgIpc) is 3.85. The molecule has 0 amide bonds. The number of hydrogen-bond acceptors (Lipinski definition) is 0. The van der Waals surface area contributed by atoms with Crippen LogP contribution in [0.4, 0.5) is 0 Å². The Morgan fingerprint density at radius 2 is 0.514 bits per heavy atom. The highest BCUT2D eigenvalue weighted by atomic mass is 14.4. The molecule has 12 rings (SSSR count). The molecule has 0 radical (unpaired) electrons. The number of fused-ring (bicyclic) bond motifs is 8. The largest absolute Gasteiger partial charge is 0.0616 e. The highest BCUT2D eigenvalue weighted by molar-refractivity contribution is 6.35. The molecule has 2 aliphatic carbocycles. The highest BCUT2D eigenvalue weighted by Gasteiger charge is 2.38. The van der Waals surface area contributed by atoms with Gasteiger partial charge in [0.2, 0.25) is 0 Å². The molecule has 0 saturated heterocycles. The Labute approximate surface area is 428 Å². The van der Waals surface area contributed by atoms with E-state index in [0.29, 0.717) is 0 Å². The summed E-state index contributed by atoms with van der Waals surface area (Å²) in [5, 5.41) is 7.98. The number of hydrogen-bond donors (Lipinski definition) is 0. The van der Waals surface area contributed by atoms with Crippen molar-refractivity contribution in [3.8, 4) is 89.0 Å². The van der Waals surface area contributed by atoms with Crippen molar-refractivity contribution in [1.29, 1.82) is 0 Å². The first-order valence-corrected chi connectivity index (χ1v) is 26.3. The zero-order valence-electron chi connectivity index (χ0n) is 45.0. The lowest BCUT2D eigenvalue weighted by Crippen LogP contribution is -2.10. The van der Waals surface area contributed by atoms with E-state index in [1.54, 1.807) is 0 Å². The fraction of sp³-hybridized carbons (Fsp3) is 0.250. The molecule has 72 heavy (non-hydrogen) atoms.